The first-order valence-electron chi connectivity index (χ1n) is 6.90. The number of nitrogens with zero attached hydrogens (tertiary/aromatic N) is 1. The Hall–Kier alpha value is -2.13. The second kappa shape index (κ2) is 6.78. The Bertz CT molecular complexity index is 985. The number of carbonyl (C=O) groups is 1. The predicted molar refractivity (Wildman–Crippen MR) is 94.9 cm³/mol. The summed E-state index contributed by atoms with van der Waals surface area (Å²) in [6.07, 6.45) is 0. The van der Waals surface area contributed by atoms with Crippen LogP contribution in [0.2, 0.25) is 0 Å². The number of fused-ring (bicyclic) bond motifs is 1. The summed E-state index contributed by atoms with van der Waals surface area (Å²) in [6.45, 7) is 1.83. The highest BCUT2D eigenvalue weighted by Gasteiger charge is 2.11. The van der Waals surface area contributed by atoms with E-state index in [4.69, 9.17) is 0 Å². The normalized spacial score (nSPS) is 11.0. The van der Waals surface area contributed by atoms with Gasteiger partial charge in [0.1, 0.15) is 11.3 Å². The SMILES string of the molecule is Cc1cc2nc(SCC(=O)Nc3ccc(Br)cc3F)[nH]c(=O)c2[nH]1. The molecule has 6 nitrogen and oxygen atoms in total. The van der Waals surface area contributed by atoms with Gasteiger partial charge in [-0.25, -0.2) is 9.37 Å². The van der Waals surface area contributed by atoms with Gasteiger partial charge in [-0.2, -0.15) is 0 Å². The van der Waals surface area contributed by atoms with Gasteiger partial charge in [0.15, 0.2) is 5.16 Å². The first kappa shape index (κ1) is 16.7. The predicted octanol–water partition coefficient (Wildman–Crippen LogP) is 3.19. The molecule has 0 saturated carbocycles. The fourth-order valence-corrected chi connectivity index (χ4v) is 3.11. The van der Waals surface area contributed by atoms with Crippen LogP contribution in [-0.2, 0) is 4.79 Å². The van der Waals surface area contributed by atoms with Gasteiger partial charge in [0.05, 0.1) is 17.0 Å². The highest BCUT2D eigenvalue weighted by molar-refractivity contribution is 9.10. The molecule has 0 unspecified atom stereocenters. The Kier molecular flexibility index (Phi) is 4.72. The summed E-state index contributed by atoms with van der Waals surface area (Å²) >= 11 is 4.22. The number of amides is 1. The molecular formula is C15H12BrFN4O2S. The van der Waals surface area contributed by atoms with Crippen molar-refractivity contribution in [1.82, 2.24) is 15.0 Å². The zero-order valence-corrected chi connectivity index (χ0v) is 14.8. The maximum absolute atomic E-state index is 13.7. The van der Waals surface area contributed by atoms with Crippen LogP contribution in [0.4, 0.5) is 10.1 Å². The van der Waals surface area contributed by atoms with Gasteiger partial charge in [0, 0.05) is 10.2 Å². The molecule has 0 radical (unpaired) electrons. The summed E-state index contributed by atoms with van der Waals surface area (Å²) in [7, 11) is 0. The maximum atomic E-state index is 13.7. The van der Waals surface area contributed by atoms with E-state index in [1.54, 1.807) is 12.1 Å². The average molecular weight is 411 g/mol. The number of carbonyl (C=O) groups excluding carboxylic acids is 1. The fourth-order valence-electron chi connectivity index (χ4n) is 2.11. The Balaban J connectivity index is 1.69. The summed E-state index contributed by atoms with van der Waals surface area (Å²) in [4.78, 5) is 33.7. The van der Waals surface area contributed by atoms with Gasteiger partial charge in [0.25, 0.3) is 5.56 Å². The quantitative estimate of drug-likeness (QED) is 0.454. The van der Waals surface area contributed by atoms with Gasteiger partial charge in [-0.15, -0.1) is 0 Å². The molecule has 2 heterocycles. The number of aryl methyl sites for hydroxylation is 1. The molecule has 0 fully saturated rings. The maximum Gasteiger partial charge on any atom is 0.275 e. The van der Waals surface area contributed by atoms with Crippen LogP contribution in [0.25, 0.3) is 11.0 Å². The van der Waals surface area contributed by atoms with Crippen LogP contribution < -0.4 is 10.9 Å². The lowest BCUT2D eigenvalue weighted by Crippen LogP contribution is -2.16. The van der Waals surface area contributed by atoms with Crippen LogP contribution >= 0.6 is 27.7 Å². The molecule has 3 rings (SSSR count). The lowest BCUT2D eigenvalue weighted by atomic mass is 10.3. The Morgan fingerprint density at radius 3 is 2.92 bits per heavy atom. The number of rotatable bonds is 4. The van der Waals surface area contributed by atoms with Crippen molar-refractivity contribution in [3.05, 3.63) is 50.6 Å². The topological polar surface area (TPSA) is 90.6 Å². The van der Waals surface area contributed by atoms with E-state index in [0.717, 1.165) is 17.5 Å². The minimum Gasteiger partial charge on any atom is -0.353 e. The van der Waals surface area contributed by atoms with E-state index in [2.05, 4.69) is 36.2 Å². The third-order valence-electron chi connectivity index (χ3n) is 3.15. The number of aromatic amines is 2. The molecule has 0 spiro atoms. The van der Waals surface area contributed by atoms with E-state index in [0.29, 0.717) is 20.7 Å². The van der Waals surface area contributed by atoms with Crippen molar-refractivity contribution in [2.45, 2.75) is 12.1 Å². The zero-order valence-electron chi connectivity index (χ0n) is 12.4. The number of hydrogen-bond donors (Lipinski definition) is 3. The van der Waals surface area contributed by atoms with Gasteiger partial charge >= 0.3 is 0 Å². The molecule has 0 aliphatic carbocycles. The second-order valence-electron chi connectivity index (χ2n) is 5.04. The Morgan fingerprint density at radius 2 is 2.17 bits per heavy atom. The number of halogens is 2. The second-order valence-corrected chi connectivity index (χ2v) is 6.92. The summed E-state index contributed by atoms with van der Waals surface area (Å²) in [5, 5.41) is 2.81. The molecule has 0 aliphatic rings. The largest absolute Gasteiger partial charge is 0.353 e. The molecule has 124 valence electrons. The van der Waals surface area contributed by atoms with Gasteiger partial charge in [-0.3, -0.25) is 14.6 Å². The third kappa shape index (κ3) is 3.68. The van der Waals surface area contributed by atoms with E-state index in [-0.39, 0.29) is 17.0 Å². The highest BCUT2D eigenvalue weighted by Crippen LogP contribution is 2.20. The zero-order chi connectivity index (χ0) is 17.3. The standard InChI is InChI=1S/C15H12BrFN4O2S/c1-7-4-11-13(18-7)14(23)21-15(20-11)24-6-12(22)19-10-3-2-8(16)5-9(10)17/h2-5,18H,6H2,1H3,(H,19,22)(H,20,21,23). The molecule has 2 aromatic heterocycles. The summed E-state index contributed by atoms with van der Waals surface area (Å²) < 4.78 is 14.3. The molecular weight excluding hydrogens is 399 g/mol. The van der Waals surface area contributed by atoms with Crippen molar-refractivity contribution in [3.8, 4) is 0 Å². The first-order valence-corrected chi connectivity index (χ1v) is 8.67. The highest BCUT2D eigenvalue weighted by atomic mass is 79.9. The lowest BCUT2D eigenvalue weighted by molar-refractivity contribution is -0.113. The molecule has 3 N–H and O–H groups in total. The molecule has 0 bridgehead atoms. The van der Waals surface area contributed by atoms with E-state index >= 15 is 0 Å². The van der Waals surface area contributed by atoms with Crippen molar-refractivity contribution in [1.29, 1.82) is 0 Å². The third-order valence-corrected chi connectivity index (χ3v) is 4.51. The number of aromatic nitrogens is 3. The van der Waals surface area contributed by atoms with E-state index < -0.39 is 11.7 Å². The molecule has 0 saturated heterocycles. The van der Waals surface area contributed by atoms with Gasteiger partial charge in [-0.05, 0) is 31.2 Å². The number of thioether (sulfide) groups is 1. The number of hydrogen-bond acceptors (Lipinski definition) is 4. The lowest BCUT2D eigenvalue weighted by Gasteiger charge is -2.06. The van der Waals surface area contributed by atoms with Gasteiger partial charge in [0.2, 0.25) is 5.91 Å². The van der Waals surface area contributed by atoms with Crippen molar-refractivity contribution < 1.29 is 9.18 Å². The smallest absolute Gasteiger partial charge is 0.275 e. The molecule has 3 aromatic rings. The van der Waals surface area contributed by atoms with Crippen molar-refractivity contribution in [3.63, 3.8) is 0 Å². The van der Waals surface area contributed by atoms with Crippen molar-refractivity contribution in [2.24, 2.45) is 0 Å². The van der Waals surface area contributed by atoms with Crippen LogP contribution in [0, 0.1) is 12.7 Å². The van der Waals surface area contributed by atoms with Crippen LogP contribution in [0.5, 0.6) is 0 Å². The van der Waals surface area contributed by atoms with Crippen LogP contribution in [0.3, 0.4) is 0 Å². The number of H-pyrrole nitrogens is 2. The number of benzene rings is 1. The first-order chi connectivity index (χ1) is 11.4. The minimum atomic E-state index is -0.529. The summed E-state index contributed by atoms with van der Waals surface area (Å²) in [5.74, 6) is -0.930. The summed E-state index contributed by atoms with van der Waals surface area (Å²) in [6, 6.07) is 6.12. The molecule has 9 heteroatoms. The Labute approximate surface area is 148 Å². The van der Waals surface area contributed by atoms with Crippen molar-refractivity contribution in [2.75, 3.05) is 11.1 Å². The number of anilines is 1. The van der Waals surface area contributed by atoms with Crippen LogP contribution in [-0.4, -0.2) is 26.6 Å². The van der Waals surface area contributed by atoms with Crippen molar-refractivity contribution >= 4 is 50.3 Å². The minimum absolute atomic E-state index is 0.00659. The van der Waals surface area contributed by atoms with Gasteiger partial charge in [-0.1, -0.05) is 27.7 Å². The van der Waals surface area contributed by atoms with Crippen LogP contribution in [0.1, 0.15) is 5.69 Å². The van der Waals surface area contributed by atoms with Crippen LogP contribution in [0.15, 0.2) is 38.7 Å². The molecule has 1 aromatic carbocycles. The van der Waals surface area contributed by atoms with E-state index in [1.165, 1.54) is 12.1 Å². The molecule has 1 amide bonds. The van der Waals surface area contributed by atoms with E-state index in [9.17, 15) is 14.0 Å². The fraction of sp³-hybridized carbons (Fsp3) is 0.133. The molecule has 24 heavy (non-hydrogen) atoms. The molecule has 0 atom stereocenters. The monoisotopic (exact) mass is 410 g/mol. The van der Waals surface area contributed by atoms with Gasteiger partial charge < -0.3 is 10.3 Å². The Morgan fingerprint density at radius 1 is 1.38 bits per heavy atom. The summed E-state index contributed by atoms with van der Waals surface area (Å²) in [5.41, 5.74) is 1.57. The number of nitrogens with one attached hydrogen (secondary N) is 3. The average Bonchev–Trinajstić information content (AvgIpc) is 2.89. The molecule has 0 aliphatic heterocycles. The van der Waals surface area contributed by atoms with E-state index in [1.807, 2.05) is 6.92 Å².